The molecule has 0 aromatic rings. The summed E-state index contributed by atoms with van der Waals surface area (Å²) in [6.45, 7) is 7.23. The monoisotopic (exact) mass is 552 g/mol. The van der Waals surface area contributed by atoms with E-state index in [1.165, 1.54) is 110 Å². The fourth-order valence-corrected chi connectivity index (χ4v) is 5.02. The third-order valence-electron chi connectivity index (χ3n) is 7.52. The minimum absolute atomic E-state index is 0.0948. The van der Waals surface area contributed by atoms with E-state index in [4.69, 9.17) is 0 Å². The van der Waals surface area contributed by atoms with Crippen molar-refractivity contribution in [2.75, 3.05) is 13.1 Å². The van der Waals surface area contributed by atoms with Crippen molar-refractivity contribution in [3.8, 4) is 0 Å². The Labute approximate surface area is 242 Å². The molecule has 0 rings (SSSR count). The van der Waals surface area contributed by atoms with Crippen molar-refractivity contribution in [2.45, 2.75) is 181 Å². The Morgan fingerprint density at radius 2 is 0.923 bits per heavy atom. The number of carbonyl (C=O) groups excluding carboxylic acids is 3. The number of nitrogens with one attached hydrogen (secondary N) is 3. The fourth-order valence-electron chi connectivity index (χ4n) is 5.02. The second-order valence-corrected chi connectivity index (χ2v) is 11.5. The molecule has 0 aliphatic rings. The topological polar surface area (TPSA) is 87.3 Å². The summed E-state index contributed by atoms with van der Waals surface area (Å²) < 4.78 is 0. The first-order valence-corrected chi connectivity index (χ1v) is 16.8. The number of carbonyl (C=O) groups is 3. The van der Waals surface area contributed by atoms with Crippen LogP contribution in [-0.4, -0.2) is 36.9 Å². The lowest BCUT2D eigenvalue weighted by Crippen LogP contribution is -2.46. The van der Waals surface area contributed by atoms with Gasteiger partial charge in [0.15, 0.2) is 0 Å². The van der Waals surface area contributed by atoms with Crippen LogP contribution in [0.4, 0.5) is 0 Å². The van der Waals surface area contributed by atoms with E-state index in [0.29, 0.717) is 25.9 Å². The Hall–Kier alpha value is -1.59. The van der Waals surface area contributed by atoms with Gasteiger partial charge in [0.1, 0.15) is 6.04 Å². The molecule has 0 spiro atoms. The predicted molar refractivity (Wildman–Crippen MR) is 166 cm³/mol. The second kappa shape index (κ2) is 29.4. The molecule has 0 saturated heterocycles. The van der Waals surface area contributed by atoms with Crippen LogP contribution in [0.1, 0.15) is 175 Å². The molecule has 0 fully saturated rings. The van der Waals surface area contributed by atoms with E-state index in [9.17, 15) is 14.4 Å². The lowest BCUT2D eigenvalue weighted by atomic mass is 10.0. The summed E-state index contributed by atoms with van der Waals surface area (Å²) in [5.41, 5.74) is 0. The number of amides is 3. The summed E-state index contributed by atoms with van der Waals surface area (Å²) in [4.78, 5) is 36.2. The van der Waals surface area contributed by atoms with E-state index < -0.39 is 6.04 Å². The molecule has 0 aliphatic heterocycles. The van der Waals surface area contributed by atoms with E-state index in [1.54, 1.807) is 0 Å². The first kappa shape index (κ1) is 37.4. The van der Waals surface area contributed by atoms with Crippen LogP contribution in [0.5, 0.6) is 0 Å². The third-order valence-corrected chi connectivity index (χ3v) is 7.52. The molecule has 0 radical (unpaired) electrons. The maximum absolute atomic E-state index is 12.5. The Bertz CT molecular complexity index is 583. The Morgan fingerprint density at radius 3 is 1.41 bits per heavy atom. The van der Waals surface area contributed by atoms with E-state index >= 15 is 0 Å². The molecule has 0 aromatic carbocycles. The van der Waals surface area contributed by atoms with Crippen molar-refractivity contribution in [1.29, 1.82) is 0 Å². The molecule has 0 heterocycles. The highest BCUT2D eigenvalue weighted by atomic mass is 16.2. The van der Waals surface area contributed by atoms with Gasteiger partial charge in [-0.2, -0.15) is 0 Å². The largest absolute Gasteiger partial charge is 0.356 e. The number of hydrogen-bond acceptors (Lipinski definition) is 3. The zero-order chi connectivity index (χ0) is 28.8. The van der Waals surface area contributed by atoms with Crippen molar-refractivity contribution in [3.63, 3.8) is 0 Å². The van der Waals surface area contributed by atoms with E-state index in [1.807, 2.05) is 0 Å². The van der Waals surface area contributed by atoms with E-state index in [2.05, 4.69) is 29.8 Å². The molecule has 3 amide bonds. The van der Waals surface area contributed by atoms with Gasteiger partial charge in [0.2, 0.25) is 17.7 Å². The molecule has 6 nitrogen and oxygen atoms in total. The molecule has 39 heavy (non-hydrogen) atoms. The average molecular weight is 552 g/mol. The molecule has 0 aliphatic carbocycles. The van der Waals surface area contributed by atoms with Gasteiger partial charge in [-0.25, -0.2) is 0 Å². The highest BCUT2D eigenvalue weighted by Crippen LogP contribution is 2.13. The van der Waals surface area contributed by atoms with Crippen molar-refractivity contribution < 1.29 is 14.4 Å². The third kappa shape index (κ3) is 27.8. The lowest BCUT2D eigenvalue weighted by Gasteiger charge is -2.17. The van der Waals surface area contributed by atoms with Gasteiger partial charge in [-0.1, -0.05) is 129 Å². The van der Waals surface area contributed by atoms with Crippen LogP contribution in [0.15, 0.2) is 0 Å². The van der Waals surface area contributed by atoms with Gasteiger partial charge < -0.3 is 16.0 Å². The molecule has 6 heteroatoms. The highest BCUT2D eigenvalue weighted by molar-refractivity contribution is 5.86. The average Bonchev–Trinajstić information content (AvgIpc) is 2.91. The van der Waals surface area contributed by atoms with Gasteiger partial charge in [0, 0.05) is 26.4 Å². The molecular formula is C33H65N3O3. The SMILES string of the molecule is CCCCCCCCCCCCCCCC(=O)NCCCC[C@H](NC(C)=O)C(=O)NCCCCCCCCC. The summed E-state index contributed by atoms with van der Waals surface area (Å²) >= 11 is 0. The van der Waals surface area contributed by atoms with Crippen molar-refractivity contribution in [2.24, 2.45) is 0 Å². The van der Waals surface area contributed by atoms with Crippen LogP contribution in [-0.2, 0) is 14.4 Å². The quantitative estimate of drug-likeness (QED) is 0.0820. The van der Waals surface area contributed by atoms with Gasteiger partial charge in [-0.15, -0.1) is 0 Å². The molecule has 1 atom stereocenters. The van der Waals surface area contributed by atoms with Crippen LogP contribution in [0, 0.1) is 0 Å². The maximum Gasteiger partial charge on any atom is 0.242 e. The number of hydrogen-bond donors (Lipinski definition) is 3. The van der Waals surface area contributed by atoms with Crippen molar-refractivity contribution in [1.82, 2.24) is 16.0 Å². The summed E-state index contributed by atoms with van der Waals surface area (Å²) in [5.74, 6) is -0.149. The van der Waals surface area contributed by atoms with Gasteiger partial charge in [0.25, 0.3) is 0 Å². The Morgan fingerprint density at radius 1 is 0.513 bits per heavy atom. The molecule has 0 aromatic heterocycles. The minimum Gasteiger partial charge on any atom is -0.356 e. The van der Waals surface area contributed by atoms with E-state index in [0.717, 1.165) is 38.5 Å². The molecule has 0 saturated carbocycles. The van der Waals surface area contributed by atoms with Crippen LogP contribution in [0.2, 0.25) is 0 Å². The number of rotatable bonds is 29. The summed E-state index contributed by atoms with van der Waals surface area (Å²) in [6.07, 6.45) is 28.3. The first-order valence-electron chi connectivity index (χ1n) is 16.8. The van der Waals surface area contributed by atoms with Crippen LogP contribution in [0.3, 0.4) is 0 Å². The second-order valence-electron chi connectivity index (χ2n) is 11.5. The normalized spacial score (nSPS) is 11.8. The van der Waals surface area contributed by atoms with Gasteiger partial charge in [-0.3, -0.25) is 14.4 Å². The minimum atomic E-state index is -0.492. The van der Waals surface area contributed by atoms with Gasteiger partial charge >= 0.3 is 0 Å². The van der Waals surface area contributed by atoms with Crippen LogP contribution < -0.4 is 16.0 Å². The van der Waals surface area contributed by atoms with Crippen LogP contribution >= 0.6 is 0 Å². The summed E-state index contributed by atoms with van der Waals surface area (Å²) in [5, 5.41) is 8.78. The highest BCUT2D eigenvalue weighted by Gasteiger charge is 2.18. The first-order chi connectivity index (χ1) is 19.0. The van der Waals surface area contributed by atoms with Gasteiger partial charge in [-0.05, 0) is 32.1 Å². The van der Waals surface area contributed by atoms with Crippen molar-refractivity contribution in [3.05, 3.63) is 0 Å². The predicted octanol–water partition coefficient (Wildman–Crippen LogP) is 8.13. The Kier molecular flexibility index (Phi) is 28.2. The zero-order valence-corrected chi connectivity index (χ0v) is 26.2. The zero-order valence-electron chi connectivity index (χ0n) is 26.2. The maximum atomic E-state index is 12.5. The Balaban J connectivity index is 3.71. The standard InChI is InChI=1S/C33H65N3O3/c1-4-6-8-10-12-13-14-15-16-17-18-20-22-27-32(38)34-28-25-23-26-31(36-30(3)37)33(39)35-29-24-21-19-11-9-7-5-2/h31H,4-29H2,1-3H3,(H,34,38)(H,35,39)(H,36,37)/t31-/m0/s1. The fraction of sp³-hybridized carbons (Fsp3) is 0.909. The van der Waals surface area contributed by atoms with Gasteiger partial charge in [0.05, 0.1) is 0 Å². The molecule has 0 unspecified atom stereocenters. The molecule has 230 valence electrons. The smallest absolute Gasteiger partial charge is 0.242 e. The van der Waals surface area contributed by atoms with Crippen LogP contribution in [0.25, 0.3) is 0 Å². The summed E-state index contributed by atoms with van der Waals surface area (Å²) in [6, 6.07) is -0.492. The number of unbranched alkanes of at least 4 members (excludes halogenated alkanes) is 19. The molecule has 3 N–H and O–H groups in total. The summed E-state index contributed by atoms with van der Waals surface area (Å²) in [7, 11) is 0. The van der Waals surface area contributed by atoms with Crippen molar-refractivity contribution >= 4 is 17.7 Å². The van der Waals surface area contributed by atoms with E-state index in [-0.39, 0.29) is 17.7 Å². The molecule has 0 bridgehead atoms. The lowest BCUT2D eigenvalue weighted by molar-refractivity contribution is -0.128. The molecular weight excluding hydrogens is 486 g/mol.